The predicted molar refractivity (Wildman–Crippen MR) is 102 cm³/mol. The topological polar surface area (TPSA) is 60.7 Å². The molecule has 6 heteroatoms. The second kappa shape index (κ2) is 17.5. The summed E-state index contributed by atoms with van der Waals surface area (Å²) in [6.07, 6.45) is 23.8. The van der Waals surface area contributed by atoms with Crippen molar-refractivity contribution in [1.82, 2.24) is 0 Å². The van der Waals surface area contributed by atoms with Crippen LogP contribution >= 0.6 is 20.4 Å². The van der Waals surface area contributed by atoms with E-state index >= 15 is 0 Å². The molecule has 0 unspecified atom stereocenters. The first-order chi connectivity index (χ1) is 10.6. The van der Waals surface area contributed by atoms with Crippen LogP contribution in [-0.2, 0) is 17.1 Å². The van der Waals surface area contributed by atoms with Gasteiger partial charge in [0, 0.05) is 0 Å². The van der Waals surface area contributed by atoms with Crippen molar-refractivity contribution in [2.24, 2.45) is 0 Å². The fourth-order valence-corrected chi connectivity index (χ4v) is 4.28. The van der Waals surface area contributed by atoms with Crippen LogP contribution in [0.25, 0.3) is 0 Å². The first kappa shape index (κ1) is 27.3. The summed E-state index contributed by atoms with van der Waals surface area (Å²) in [6, 6.07) is 0. The van der Waals surface area contributed by atoms with Crippen molar-refractivity contribution in [2.75, 3.05) is 0 Å². The Morgan fingerprint density at radius 1 is 0.583 bits per heavy atom. The Hall–Kier alpha value is 1.12. The largest absolute Gasteiger partial charge is 2.00 e. The van der Waals surface area contributed by atoms with Crippen molar-refractivity contribution in [3.63, 3.8) is 0 Å². The smallest absolute Gasteiger partial charge is 0.328 e. The second-order valence-electron chi connectivity index (χ2n) is 6.76. The van der Waals surface area contributed by atoms with Gasteiger partial charge in [-0.1, -0.05) is 44.9 Å². The third kappa shape index (κ3) is 15.4. The number of hydrogen-bond acceptors (Lipinski definition) is 3. The molecule has 0 atom stereocenters. The molecule has 0 aromatic rings. The van der Waals surface area contributed by atoms with Crippen LogP contribution in [0.2, 0.25) is 0 Å². The van der Waals surface area contributed by atoms with Crippen LogP contribution in [0.4, 0.5) is 0 Å². The van der Waals surface area contributed by atoms with E-state index in [9.17, 15) is 0 Å². The number of rotatable bonds is 1. The van der Waals surface area contributed by atoms with Crippen LogP contribution in [0.3, 0.4) is 0 Å². The van der Waals surface area contributed by atoms with Crippen LogP contribution in [-0.4, -0.2) is 20.3 Å². The monoisotopic (exact) mass is 430 g/mol. The number of halogens is 1. The van der Waals surface area contributed by atoms with Crippen LogP contribution in [0.15, 0.2) is 0 Å². The van der Waals surface area contributed by atoms with Gasteiger partial charge in [0.1, 0.15) is 0 Å². The zero-order valence-corrected chi connectivity index (χ0v) is 17.5. The van der Waals surface area contributed by atoms with Crippen LogP contribution < -0.4 is 0 Å². The Bertz CT molecular complexity index is 216. The van der Waals surface area contributed by atoms with Gasteiger partial charge in [-0.2, -0.15) is 40.4 Å². The molecule has 3 fully saturated rings. The van der Waals surface area contributed by atoms with Gasteiger partial charge in [-0.3, -0.25) is 0 Å². The van der Waals surface area contributed by atoms with Crippen LogP contribution in [0, 0.1) is 12.8 Å². The molecule has 3 nitrogen and oxygen atoms in total. The maximum Gasteiger partial charge on any atom is 2.00 e. The Kier molecular flexibility index (Phi) is 20.0. The third-order valence-corrected chi connectivity index (χ3v) is 6.19. The molecule has 3 N–H and O–H groups in total. The van der Waals surface area contributed by atoms with Gasteiger partial charge in [0.05, 0.1) is 0 Å². The van der Waals surface area contributed by atoms with Crippen molar-refractivity contribution in [1.29, 1.82) is 0 Å². The van der Waals surface area contributed by atoms with Gasteiger partial charge in [-0.15, -0.1) is 12.4 Å². The van der Waals surface area contributed by atoms with E-state index in [1.807, 2.05) is 0 Å². The summed E-state index contributed by atoms with van der Waals surface area (Å²) in [7, 11) is -3.49. The summed E-state index contributed by atoms with van der Waals surface area (Å²) in [5, 5.41) is 0. The summed E-state index contributed by atoms with van der Waals surface area (Å²) < 4.78 is 0. The van der Waals surface area contributed by atoms with Crippen molar-refractivity contribution in [3.05, 3.63) is 12.8 Å². The standard InChI is InChI=1S/C6H14O3P.2C6H11.ClH.Cu/c7-10(8,9)6-4-2-1-3-5-6;2*1-2-4-6-5-3-1;;/h6-9H,1-5H2;2*1H,2-6H2;1H;/q+1;2*-1;;+2. The van der Waals surface area contributed by atoms with E-state index in [2.05, 4.69) is 12.8 Å². The average Bonchev–Trinajstić information content (AvgIpc) is 2.59. The first-order valence-corrected chi connectivity index (χ1v) is 11.0. The van der Waals surface area contributed by atoms with Gasteiger partial charge in [0.25, 0.3) is 0 Å². The van der Waals surface area contributed by atoms with E-state index in [4.69, 9.17) is 14.7 Å². The molecule has 0 heterocycles. The fraction of sp³-hybridized carbons (Fsp3) is 0.889. The maximum atomic E-state index is 8.86. The SMILES string of the molecule is Cl.O[P+](O)(O)C1CCCCC1.[CH-]1CCCCC1.[CH-]1CCCCC1.[Cu+2]. The van der Waals surface area contributed by atoms with Crippen molar-refractivity contribution >= 4 is 20.4 Å². The van der Waals surface area contributed by atoms with E-state index in [-0.39, 0.29) is 35.1 Å². The van der Waals surface area contributed by atoms with Gasteiger partial charge >= 0.3 is 25.0 Å². The third-order valence-electron chi connectivity index (χ3n) is 4.70. The average molecular weight is 431 g/mol. The molecule has 0 aromatic heterocycles. The molecule has 0 aliphatic heterocycles. The normalized spacial score (nSPS) is 21.6. The van der Waals surface area contributed by atoms with Gasteiger partial charge in [-0.25, -0.2) is 0 Å². The van der Waals surface area contributed by atoms with Crippen molar-refractivity contribution < 1.29 is 31.7 Å². The second-order valence-corrected chi connectivity index (χ2v) is 8.72. The summed E-state index contributed by atoms with van der Waals surface area (Å²) in [4.78, 5) is 26.6. The van der Waals surface area contributed by atoms with E-state index in [0.717, 1.165) is 32.1 Å². The van der Waals surface area contributed by atoms with Gasteiger partial charge in [0.2, 0.25) is 0 Å². The minimum atomic E-state index is -3.49. The number of hydrogen-bond donors (Lipinski definition) is 3. The summed E-state index contributed by atoms with van der Waals surface area (Å²) in [5.74, 6) is 0. The van der Waals surface area contributed by atoms with Gasteiger partial charge in [0.15, 0.2) is 5.66 Å². The molecule has 1 radical (unpaired) electrons. The zero-order valence-electron chi connectivity index (χ0n) is 14.8. The molecule has 0 spiro atoms. The fourth-order valence-electron chi connectivity index (χ4n) is 3.22. The van der Waals surface area contributed by atoms with Gasteiger partial charge < -0.3 is 12.8 Å². The Labute approximate surface area is 166 Å². The molecule has 24 heavy (non-hydrogen) atoms. The Balaban J connectivity index is 0. The zero-order chi connectivity index (χ0) is 16.1. The summed E-state index contributed by atoms with van der Waals surface area (Å²) >= 11 is 0. The minimum Gasteiger partial charge on any atom is -0.328 e. The molecule has 149 valence electrons. The first-order valence-electron chi connectivity index (χ1n) is 9.31. The van der Waals surface area contributed by atoms with E-state index < -0.39 is 7.94 Å². The molecule has 3 aliphatic carbocycles. The molecule has 3 saturated carbocycles. The van der Waals surface area contributed by atoms with Crippen molar-refractivity contribution in [3.8, 4) is 0 Å². The van der Waals surface area contributed by atoms with Crippen LogP contribution in [0.1, 0.15) is 96.3 Å². The molecule has 0 amide bonds. The molecular weight excluding hydrogens is 394 g/mol. The molecule has 0 aromatic carbocycles. The molecule has 0 bridgehead atoms. The molecule has 3 rings (SSSR count). The van der Waals surface area contributed by atoms with E-state index in [1.54, 1.807) is 0 Å². The van der Waals surface area contributed by atoms with Crippen molar-refractivity contribution in [2.45, 2.75) is 102 Å². The van der Waals surface area contributed by atoms with E-state index in [1.165, 1.54) is 64.2 Å². The molecule has 3 aliphatic rings. The quantitative estimate of drug-likeness (QED) is 0.280. The van der Waals surface area contributed by atoms with E-state index in [0.29, 0.717) is 0 Å². The molecular formula is C18H37ClCuO3P+. The van der Waals surface area contributed by atoms with Gasteiger partial charge in [-0.05, 0) is 25.7 Å². The summed E-state index contributed by atoms with van der Waals surface area (Å²) in [6.45, 7) is 0. The Morgan fingerprint density at radius 3 is 1.08 bits per heavy atom. The predicted octanol–water partition coefficient (Wildman–Crippen LogP) is 5.79. The summed E-state index contributed by atoms with van der Waals surface area (Å²) in [5.41, 5.74) is -0.221. The Morgan fingerprint density at radius 2 is 0.917 bits per heavy atom. The minimum absolute atomic E-state index is 0. The maximum absolute atomic E-state index is 8.86. The molecule has 0 saturated heterocycles. The van der Waals surface area contributed by atoms with Crippen LogP contribution in [0.5, 0.6) is 0 Å².